The summed E-state index contributed by atoms with van der Waals surface area (Å²) in [5.41, 5.74) is 4.07. The van der Waals surface area contributed by atoms with Crippen LogP contribution < -0.4 is 14.2 Å². The van der Waals surface area contributed by atoms with Crippen LogP contribution in [0.2, 0.25) is 0 Å². The maximum Gasteiger partial charge on any atom is 0.133 e. The molecule has 4 heteroatoms. The average molecular weight is 407 g/mol. The molecule has 30 heavy (non-hydrogen) atoms. The van der Waals surface area contributed by atoms with E-state index in [2.05, 4.69) is 51.1 Å². The van der Waals surface area contributed by atoms with Gasteiger partial charge >= 0.3 is 0 Å². The second kappa shape index (κ2) is 8.10. The van der Waals surface area contributed by atoms with Gasteiger partial charge in [-0.15, -0.1) is 0 Å². The minimum Gasteiger partial charge on any atom is -0.508 e. The van der Waals surface area contributed by atoms with E-state index >= 15 is 0 Å². The third kappa shape index (κ3) is 4.04. The third-order valence-electron chi connectivity index (χ3n) is 5.95. The number of hydrogen-bond donors (Lipinski definition) is 1. The second-order valence-electron chi connectivity index (χ2n) is 8.67. The van der Waals surface area contributed by atoms with E-state index in [1.54, 1.807) is 13.2 Å². The topological polar surface area (TPSA) is 47.9 Å². The van der Waals surface area contributed by atoms with Gasteiger partial charge in [-0.25, -0.2) is 0 Å². The molecule has 4 rings (SSSR count). The fourth-order valence-electron chi connectivity index (χ4n) is 4.23. The fraction of sp³-hybridized carbons (Fsp3) is 0.385. The van der Waals surface area contributed by atoms with Crippen LogP contribution in [0.15, 0.2) is 48.1 Å². The van der Waals surface area contributed by atoms with Gasteiger partial charge in [0.2, 0.25) is 0 Å². The van der Waals surface area contributed by atoms with Crippen LogP contribution in [-0.4, -0.2) is 24.4 Å². The normalized spacial score (nSPS) is 21.7. The van der Waals surface area contributed by atoms with Crippen LogP contribution in [0, 0.1) is 0 Å². The van der Waals surface area contributed by atoms with Gasteiger partial charge in [0, 0.05) is 17.5 Å². The number of fused-ring (bicyclic) bond motifs is 3. The Balaban J connectivity index is 1.54. The molecule has 0 amide bonds. The Bertz CT molecular complexity index is 1000. The predicted octanol–water partition coefficient (Wildman–Crippen LogP) is 6.03. The molecule has 0 saturated heterocycles. The molecular weight excluding hydrogens is 376 g/mol. The summed E-state index contributed by atoms with van der Waals surface area (Å²) < 4.78 is 17.8. The molecule has 0 unspecified atom stereocenters. The van der Waals surface area contributed by atoms with Crippen molar-refractivity contribution in [3.05, 3.63) is 64.7 Å². The molecule has 1 N–H and O–H groups in total. The lowest BCUT2D eigenvalue weighted by Crippen LogP contribution is -2.32. The summed E-state index contributed by atoms with van der Waals surface area (Å²) in [5.74, 6) is 2.78. The van der Waals surface area contributed by atoms with Gasteiger partial charge in [0.25, 0.3) is 0 Å². The largest absolute Gasteiger partial charge is 0.508 e. The maximum absolute atomic E-state index is 10.4. The van der Waals surface area contributed by atoms with Crippen LogP contribution in [0.3, 0.4) is 0 Å². The summed E-state index contributed by atoms with van der Waals surface area (Å²) in [5, 5.41) is 10.4. The summed E-state index contributed by atoms with van der Waals surface area (Å²) in [4.78, 5) is 0. The van der Waals surface area contributed by atoms with E-state index in [0.717, 1.165) is 47.5 Å². The number of phenolic OH excluding ortho intramolecular Hbond substituents is 1. The highest BCUT2D eigenvalue weighted by Crippen LogP contribution is 2.45. The SMILES string of the molecule is COc1ccc([C@H]2COc3c(ccc4c3C=C[C@@](C)(CCC=C(C)C)O4)C2)c(O)c1. The van der Waals surface area contributed by atoms with Gasteiger partial charge in [0.15, 0.2) is 0 Å². The summed E-state index contributed by atoms with van der Waals surface area (Å²) in [6, 6.07) is 9.61. The van der Waals surface area contributed by atoms with Crippen molar-refractivity contribution >= 4 is 6.08 Å². The Kier molecular flexibility index (Phi) is 5.50. The number of phenols is 1. The Labute approximate surface area is 178 Å². The van der Waals surface area contributed by atoms with Gasteiger partial charge in [-0.3, -0.25) is 0 Å². The van der Waals surface area contributed by atoms with E-state index in [-0.39, 0.29) is 17.3 Å². The zero-order chi connectivity index (χ0) is 21.3. The van der Waals surface area contributed by atoms with E-state index in [4.69, 9.17) is 14.2 Å². The van der Waals surface area contributed by atoms with Gasteiger partial charge in [0.05, 0.1) is 19.3 Å². The Morgan fingerprint density at radius 2 is 2.10 bits per heavy atom. The highest BCUT2D eigenvalue weighted by atomic mass is 16.5. The molecule has 0 saturated carbocycles. The Morgan fingerprint density at radius 3 is 2.83 bits per heavy atom. The number of hydrogen-bond acceptors (Lipinski definition) is 4. The van der Waals surface area contributed by atoms with E-state index in [9.17, 15) is 5.11 Å². The number of aromatic hydroxyl groups is 1. The predicted molar refractivity (Wildman–Crippen MR) is 120 cm³/mol. The van der Waals surface area contributed by atoms with Gasteiger partial charge < -0.3 is 19.3 Å². The summed E-state index contributed by atoms with van der Waals surface area (Å²) in [6.45, 7) is 6.90. The molecule has 2 aromatic carbocycles. The number of ether oxygens (including phenoxy) is 3. The van der Waals surface area contributed by atoms with E-state index in [0.29, 0.717) is 12.4 Å². The van der Waals surface area contributed by atoms with Crippen molar-refractivity contribution in [3.63, 3.8) is 0 Å². The molecule has 2 atom stereocenters. The molecule has 4 nitrogen and oxygen atoms in total. The van der Waals surface area contributed by atoms with Crippen LogP contribution in [-0.2, 0) is 6.42 Å². The minimum absolute atomic E-state index is 0.101. The van der Waals surface area contributed by atoms with Crippen LogP contribution in [0.25, 0.3) is 6.08 Å². The molecule has 2 heterocycles. The van der Waals surface area contributed by atoms with Crippen molar-refractivity contribution in [2.24, 2.45) is 0 Å². The van der Waals surface area contributed by atoms with Gasteiger partial charge in [-0.1, -0.05) is 23.8 Å². The molecule has 0 aromatic heterocycles. The van der Waals surface area contributed by atoms with Crippen molar-refractivity contribution in [3.8, 4) is 23.0 Å². The molecule has 0 bridgehead atoms. The summed E-state index contributed by atoms with van der Waals surface area (Å²) >= 11 is 0. The maximum atomic E-state index is 10.4. The molecule has 0 fully saturated rings. The molecule has 0 aliphatic carbocycles. The second-order valence-corrected chi connectivity index (χ2v) is 8.67. The van der Waals surface area contributed by atoms with Gasteiger partial charge in [-0.05, 0) is 69.9 Å². The first-order chi connectivity index (χ1) is 14.4. The van der Waals surface area contributed by atoms with Crippen molar-refractivity contribution in [1.29, 1.82) is 0 Å². The van der Waals surface area contributed by atoms with Gasteiger partial charge in [-0.2, -0.15) is 0 Å². The van der Waals surface area contributed by atoms with Crippen LogP contribution in [0.4, 0.5) is 0 Å². The third-order valence-corrected chi connectivity index (χ3v) is 5.95. The first-order valence-corrected chi connectivity index (χ1v) is 10.6. The molecule has 0 spiro atoms. The lowest BCUT2D eigenvalue weighted by Gasteiger charge is -2.34. The standard InChI is InChI=1S/C26H30O4/c1-17(2)6-5-12-26(3)13-11-22-24(30-26)10-7-18-14-19(16-29-25(18)22)21-9-8-20(28-4)15-23(21)27/h6-11,13,15,19,27H,5,12,14,16H2,1-4H3/t19-,26-/m1/s1. The van der Waals surface area contributed by atoms with E-state index in [1.165, 1.54) is 5.57 Å². The van der Waals surface area contributed by atoms with Crippen molar-refractivity contribution in [2.75, 3.05) is 13.7 Å². The quantitative estimate of drug-likeness (QED) is 0.616. The molecule has 2 aromatic rings. The molecular formula is C26H30O4. The first-order valence-electron chi connectivity index (χ1n) is 10.6. The van der Waals surface area contributed by atoms with Crippen molar-refractivity contribution < 1.29 is 19.3 Å². The van der Waals surface area contributed by atoms with Gasteiger partial charge in [0.1, 0.15) is 28.6 Å². The molecule has 0 radical (unpaired) electrons. The van der Waals surface area contributed by atoms with Crippen LogP contribution in [0.5, 0.6) is 23.0 Å². The molecule has 2 aliphatic heterocycles. The van der Waals surface area contributed by atoms with E-state index in [1.807, 2.05) is 12.1 Å². The Hall–Kier alpha value is -2.88. The lowest BCUT2D eigenvalue weighted by atomic mass is 9.87. The average Bonchev–Trinajstić information content (AvgIpc) is 2.72. The number of methoxy groups -OCH3 is 1. The van der Waals surface area contributed by atoms with Crippen LogP contribution in [0.1, 0.15) is 56.2 Å². The Morgan fingerprint density at radius 1 is 1.27 bits per heavy atom. The molecule has 158 valence electrons. The number of rotatable bonds is 5. The summed E-state index contributed by atoms with van der Waals surface area (Å²) in [6.07, 6.45) is 9.29. The highest BCUT2D eigenvalue weighted by molar-refractivity contribution is 5.69. The fourth-order valence-corrected chi connectivity index (χ4v) is 4.23. The first kappa shape index (κ1) is 20.4. The van der Waals surface area contributed by atoms with E-state index < -0.39 is 0 Å². The van der Waals surface area contributed by atoms with Crippen molar-refractivity contribution in [1.82, 2.24) is 0 Å². The summed E-state index contributed by atoms with van der Waals surface area (Å²) in [7, 11) is 1.60. The zero-order valence-electron chi connectivity index (χ0n) is 18.2. The zero-order valence-corrected chi connectivity index (χ0v) is 18.2. The number of benzene rings is 2. The smallest absolute Gasteiger partial charge is 0.133 e. The monoisotopic (exact) mass is 406 g/mol. The number of allylic oxidation sites excluding steroid dienone is 2. The minimum atomic E-state index is -0.306. The molecule has 2 aliphatic rings. The lowest BCUT2D eigenvalue weighted by molar-refractivity contribution is 0.127. The van der Waals surface area contributed by atoms with Crippen molar-refractivity contribution in [2.45, 2.75) is 51.6 Å². The van der Waals surface area contributed by atoms with Crippen LogP contribution >= 0.6 is 0 Å². The highest BCUT2D eigenvalue weighted by Gasteiger charge is 2.31.